The lowest BCUT2D eigenvalue weighted by molar-refractivity contribution is -0.115. The van der Waals surface area contributed by atoms with E-state index in [1.165, 1.54) is 12.1 Å². The van der Waals surface area contributed by atoms with Gasteiger partial charge in [-0.25, -0.2) is 4.39 Å². The third-order valence-electron chi connectivity index (χ3n) is 5.23. The summed E-state index contributed by atoms with van der Waals surface area (Å²) in [4.78, 5) is 27.2. The van der Waals surface area contributed by atoms with Crippen molar-refractivity contribution in [2.24, 2.45) is 0 Å². The predicted molar refractivity (Wildman–Crippen MR) is 124 cm³/mol. The van der Waals surface area contributed by atoms with Gasteiger partial charge in [-0.1, -0.05) is 56.3 Å². The van der Waals surface area contributed by atoms with Crippen molar-refractivity contribution in [1.29, 1.82) is 0 Å². The van der Waals surface area contributed by atoms with Crippen LogP contribution in [0, 0.1) is 5.82 Å². The van der Waals surface area contributed by atoms with Gasteiger partial charge < -0.3 is 5.32 Å². The number of carbonyl (C=O) groups is 2. The average molecular weight is 435 g/mol. The van der Waals surface area contributed by atoms with Crippen molar-refractivity contribution in [3.05, 3.63) is 95.3 Å². The van der Waals surface area contributed by atoms with Gasteiger partial charge in [0.25, 0.3) is 5.91 Å². The lowest BCUT2D eigenvalue weighted by atomic mass is 10.00. The molecular formula is C25H23FN2O2S. The Morgan fingerprint density at radius 3 is 2.58 bits per heavy atom. The highest BCUT2D eigenvalue weighted by molar-refractivity contribution is 8.00. The van der Waals surface area contributed by atoms with Gasteiger partial charge in [-0.05, 0) is 47.4 Å². The zero-order valence-electron chi connectivity index (χ0n) is 17.3. The summed E-state index contributed by atoms with van der Waals surface area (Å²) in [6, 6.07) is 21.2. The first kappa shape index (κ1) is 21.1. The van der Waals surface area contributed by atoms with Crippen LogP contribution in [0.5, 0.6) is 0 Å². The van der Waals surface area contributed by atoms with Crippen LogP contribution in [-0.4, -0.2) is 17.6 Å². The van der Waals surface area contributed by atoms with Crippen molar-refractivity contribution in [2.45, 2.75) is 25.1 Å². The number of halogens is 1. The molecule has 1 aliphatic rings. The number of anilines is 2. The molecule has 4 rings (SSSR count). The highest BCUT2D eigenvalue weighted by atomic mass is 32.2. The molecule has 2 amide bonds. The van der Waals surface area contributed by atoms with E-state index in [0.29, 0.717) is 11.4 Å². The Morgan fingerprint density at radius 2 is 1.81 bits per heavy atom. The minimum absolute atomic E-state index is 0.00851. The molecule has 31 heavy (non-hydrogen) atoms. The molecule has 1 atom stereocenters. The van der Waals surface area contributed by atoms with E-state index in [0.717, 1.165) is 16.8 Å². The molecule has 3 aromatic rings. The first-order valence-electron chi connectivity index (χ1n) is 10.1. The number of carbonyl (C=O) groups excluding carboxylic acids is 2. The Hall–Kier alpha value is -3.12. The van der Waals surface area contributed by atoms with Gasteiger partial charge in [0.05, 0.1) is 11.3 Å². The Balaban J connectivity index is 1.63. The number of para-hydroxylation sites is 1. The van der Waals surface area contributed by atoms with Crippen LogP contribution in [0.4, 0.5) is 15.8 Å². The van der Waals surface area contributed by atoms with E-state index in [9.17, 15) is 14.0 Å². The van der Waals surface area contributed by atoms with Gasteiger partial charge in [-0.2, -0.15) is 0 Å². The number of benzene rings is 3. The maximum atomic E-state index is 13.9. The Morgan fingerprint density at radius 1 is 1.06 bits per heavy atom. The van der Waals surface area contributed by atoms with E-state index in [2.05, 4.69) is 25.2 Å². The minimum atomic E-state index is -0.565. The molecule has 6 heteroatoms. The van der Waals surface area contributed by atoms with E-state index in [-0.39, 0.29) is 22.8 Å². The fourth-order valence-electron chi connectivity index (χ4n) is 3.74. The first-order chi connectivity index (χ1) is 15.0. The number of amides is 2. The van der Waals surface area contributed by atoms with E-state index < -0.39 is 11.7 Å². The van der Waals surface area contributed by atoms with Crippen LogP contribution in [0.25, 0.3) is 0 Å². The third kappa shape index (κ3) is 4.35. The van der Waals surface area contributed by atoms with Crippen LogP contribution in [-0.2, 0) is 4.79 Å². The van der Waals surface area contributed by atoms with E-state index in [1.807, 2.05) is 41.3 Å². The van der Waals surface area contributed by atoms with Gasteiger partial charge in [0.1, 0.15) is 11.2 Å². The zero-order valence-corrected chi connectivity index (χ0v) is 18.2. The summed E-state index contributed by atoms with van der Waals surface area (Å²) in [6.07, 6.45) is 0. The number of thioether (sulfide) groups is 1. The van der Waals surface area contributed by atoms with E-state index >= 15 is 0 Å². The van der Waals surface area contributed by atoms with E-state index in [1.54, 1.807) is 30.0 Å². The summed E-state index contributed by atoms with van der Waals surface area (Å²) in [5, 5.41) is 2.57. The third-order valence-corrected chi connectivity index (χ3v) is 6.45. The molecular weight excluding hydrogens is 411 g/mol. The molecule has 0 unspecified atom stereocenters. The number of hydrogen-bond acceptors (Lipinski definition) is 3. The molecule has 0 spiro atoms. The lowest BCUT2D eigenvalue weighted by Gasteiger charge is -2.28. The van der Waals surface area contributed by atoms with Crippen LogP contribution in [0.1, 0.15) is 46.6 Å². The van der Waals surface area contributed by atoms with Gasteiger partial charge in [0.15, 0.2) is 0 Å². The highest BCUT2D eigenvalue weighted by Gasteiger charge is 2.35. The quantitative estimate of drug-likeness (QED) is 0.537. The van der Waals surface area contributed by atoms with Gasteiger partial charge in [-0.3, -0.25) is 14.5 Å². The fraction of sp³-hybridized carbons (Fsp3) is 0.200. The van der Waals surface area contributed by atoms with Crippen LogP contribution in [0.2, 0.25) is 0 Å². The molecule has 1 aliphatic heterocycles. The summed E-state index contributed by atoms with van der Waals surface area (Å²) in [6.45, 7) is 4.22. The molecule has 158 valence electrons. The van der Waals surface area contributed by atoms with Crippen LogP contribution in [0.15, 0.2) is 72.8 Å². The van der Waals surface area contributed by atoms with Crippen molar-refractivity contribution in [1.82, 2.24) is 0 Å². The van der Waals surface area contributed by atoms with Gasteiger partial charge in [-0.15, -0.1) is 11.8 Å². The summed E-state index contributed by atoms with van der Waals surface area (Å²) < 4.78 is 13.9. The first-order valence-corrected chi connectivity index (χ1v) is 11.2. The second-order valence-corrected chi connectivity index (χ2v) is 8.77. The highest BCUT2D eigenvalue weighted by Crippen LogP contribution is 2.44. The molecule has 1 fully saturated rings. The monoisotopic (exact) mass is 434 g/mol. The maximum Gasteiger partial charge on any atom is 0.258 e. The smallest absolute Gasteiger partial charge is 0.258 e. The van der Waals surface area contributed by atoms with Crippen molar-refractivity contribution < 1.29 is 14.0 Å². The maximum absolute atomic E-state index is 13.9. The fourth-order valence-corrected chi connectivity index (χ4v) is 4.90. The number of rotatable bonds is 5. The number of nitrogens with one attached hydrogen (secondary N) is 1. The predicted octanol–water partition coefficient (Wildman–Crippen LogP) is 5.98. The SMILES string of the molecule is CC(C)c1ccccc1N1C(=O)CS[C@H]1c1cccc(NC(=O)c2ccccc2F)c1. The standard InChI is InChI=1S/C25H23FN2O2S/c1-16(2)19-10-4-6-13-22(19)28-23(29)15-31-25(28)17-8-7-9-18(14-17)27-24(30)20-11-3-5-12-21(20)26/h3-14,16,25H,15H2,1-2H3,(H,27,30)/t25-/m0/s1. The van der Waals surface area contributed by atoms with Gasteiger partial charge in [0.2, 0.25) is 5.91 Å². The van der Waals surface area contributed by atoms with Crippen molar-refractivity contribution in [2.75, 3.05) is 16.0 Å². The molecule has 0 radical (unpaired) electrons. The normalized spacial score (nSPS) is 16.1. The molecule has 1 N–H and O–H groups in total. The summed E-state index contributed by atoms with van der Waals surface area (Å²) in [5.41, 5.74) is 3.49. The van der Waals surface area contributed by atoms with Crippen molar-refractivity contribution in [3.8, 4) is 0 Å². The molecule has 1 saturated heterocycles. The molecule has 4 nitrogen and oxygen atoms in total. The Labute approximate surface area is 185 Å². The molecule has 0 aromatic heterocycles. The molecule has 0 aliphatic carbocycles. The number of hydrogen-bond donors (Lipinski definition) is 1. The molecule has 0 bridgehead atoms. The summed E-state index contributed by atoms with van der Waals surface area (Å²) >= 11 is 1.56. The lowest BCUT2D eigenvalue weighted by Crippen LogP contribution is -2.29. The van der Waals surface area contributed by atoms with Gasteiger partial charge in [0, 0.05) is 11.4 Å². The minimum Gasteiger partial charge on any atom is -0.322 e. The summed E-state index contributed by atoms with van der Waals surface area (Å²) in [7, 11) is 0. The zero-order chi connectivity index (χ0) is 22.0. The van der Waals surface area contributed by atoms with Crippen LogP contribution < -0.4 is 10.2 Å². The second-order valence-electron chi connectivity index (χ2n) is 7.70. The average Bonchev–Trinajstić information content (AvgIpc) is 3.15. The van der Waals surface area contributed by atoms with Crippen molar-refractivity contribution in [3.63, 3.8) is 0 Å². The largest absolute Gasteiger partial charge is 0.322 e. The van der Waals surface area contributed by atoms with Crippen LogP contribution >= 0.6 is 11.8 Å². The Kier molecular flexibility index (Phi) is 6.09. The Bertz CT molecular complexity index is 1130. The second kappa shape index (κ2) is 8.94. The molecule has 3 aromatic carbocycles. The topological polar surface area (TPSA) is 49.4 Å². The molecule has 0 saturated carbocycles. The summed E-state index contributed by atoms with van der Waals surface area (Å²) in [5.74, 6) is -0.342. The molecule has 1 heterocycles. The van der Waals surface area contributed by atoms with Crippen molar-refractivity contribution >= 4 is 35.0 Å². The van der Waals surface area contributed by atoms with E-state index in [4.69, 9.17) is 0 Å². The van der Waals surface area contributed by atoms with Gasteiger partial charge >= 0.3 is 0 Å². The van der Waals surface area contributed by atoms with Crippen LogP contribution in [0.3, 0.4) is 0 Å². The number of nitrogens with zero attached hydrogens (tertiary/aromatic N) is 1.